The first-order chi connectivity index (χ1) is 10.0. The van der Waals surface area contributed by atoms with Crippen molar-refractivity contribution in [1.82, 2.24) is 5.32 Å². The molecule has 0 saturated carbocycles. The van der Waals surface area contributed by atoms with Gasteiger partial charge in [0.15, 0.2) is 13.2 Å². The number of nitrogens with one attached hydrogen (secondary N) is 1. The number of carbonyl (C=O) groups excluding carboxylic acids is 2. The van der Waals surface area contributed by atoms with Crippen LogP contribution in [0.5, 0.6) is 5.75 Å². The second kappa shape index (κ2) is 8.97. The van der Waals surface area contributed by atoms with Crippen LogP contribution in [0.2, 0.25) is 0 Å². The van der Waals surface area contributed by atoms with E-state index in [9.17, 15) is 9.59 Å². The summed E-state index contributed by atoms with van der Waals surface area (Å²) in [4.78, 5) is 22.7. The van der Waals surface area contributed by atoms with Crippen molar-refractivity contribution in [3.8, 4) is 11.8 Å². The van der Waals surface area contributed by atoms with Gasteiger partial charge in [-0.25, -0.2) is 4.79 Å². The molecule has 0 heterocycles. The molecule has 0 aliphatic heterocycles. The number of hydrogen-bond donors (Lipinski definition) is 1. The van der Waals surface area contributed by atoms with E-state index in [1.54, 1.807) is 6.07 Å². The lowest BCUT2D eigenvalue weighted by molar-refractivity contribution is -0.150. The first-order valence-corrected chi connectivity index (χ1v) is 7.00. The Kier molecular flexibility index (Phi) is 7.26. The normalized spacial score (nSPS) is 9.57. The maximum Gasteiger partial charge on any atom is 0.344 e. The summed E-state index contributed by atoms with van der Waals surface area (Å²) in [6.45, 7) is 1.50. The van der Waals surface area contributed by atoms with Crippen LogP contribution >= 0.6 is 15.9 Å². The van der Waals surface area contributed by atoms with E-state index in [1.165, 1.54) is 0 Å². The average molecular weight is 355 g/mol. The molecule has 1 N–H and O–H groups in total. The molecule has 0 unspecified atom stereocenters. The summed E-state index contributed by atoms with van der Waals surface area (Å²) < 4.78 is 10.8. The van der Waals surface area contributed by atoms with Crippen LogP contribution in [0.15, 0.2) is 22.7 Å². The highest BCUT2D eigenvalue weighted by molar-refractivity contribution is 9.10. The number of rotatable bonds is 7. The molecule has 21 heavy (non-hydrogen) atoms. The topological polar surface area (TPSA) is 88.4 Å². The molecule has 0 aliphatic rings. The average Bonchev–Trinajstić information content (AvgIpc) is 2.44. The lowest BCUT2D eigenvalue weighted by atomic mass is 10.2. The molecule has 0 fully saturated rings. The summed E-state index contributed by atoms with van der Waals surface area (Å²) in [7, 11) is 0. The van der Waals surface area contributed by atoms with Crippen LogP contribution in [0.25, 0.3) is 0 Å². The van der Waals surface area contributed by atoms with Crippen molar-refractivity contribution < 1.29 is 19.1 Å². The van der Waals surface area contributed by atoms with Crippen molar-refractivity contribution in [1.29, 1.82) is 5.26 Å². The van der Waals surface area contributed by atoms with Gasteiger partial charge in [0.05, 0.1) is 17.0 Å². The molecule has 1 aromatic rings. The summed E-state index contributed by atoms with van der Waals surface area (Å²) in [6.07, 6.45) is 0.213. The third-order valence-electron chi connectivity index (χ3n) is 2.36. The molecular weight excluding hydrogens is 340 g/mol. The highest BCUT2D eigenvalue weighted by atomic mass is 79.9. The molecule has 0 aromatic heterocycles. The van der Waals surface area contributed by atoms with Gasteiger partial charge in [-0.1, -0.05) is 6.07 Å². The number of benzene rings is 1. The zero-order valence-corrected chi connectivity index (χ0v) is 13.1. The molecule has 0 bridgehead atoms. The van der Waals surface area contributed by atoms with Gasteiger partial charge in [0, 0.05) is 6.54 Å². The number of esters is 1. The molecule has 0 radical (unpaired) electrons. The zero-order valence-electron chi connectivity index (χ0n) is 11.5. The van der Waals surface area contributed by atoms with Crippen molar-refractivity contribution in [2.24, 2.45) is 0 Å². The van der Waals surface area contributed by atoms with Crippen LogP contribution in [0, 0.1) is 18.3 Å². The number of halogens is 1. The van der Waals surface area contributed by atoms with E-state index in [-0.39, 0.29) is 26.2 Å². The molecule has 6 nitrogen and oxygen atoms in total. The van der Waals surface area contributed by atoms with Crippen LogP contribution in [-0.4, -0.2) is 31.6 Å². The standard InChI is InChI=1S/C14H15BrN2O4/c1-10-3-4-12(11(15)7-10)20-9-14(19)21-8-13(18)17-6-2-5-16/h3-4,7H,2,6,8-9H2,1H3,(H,17,18). The van der Waals surface area contributed by atoms with Gasteiger partial charge in [0.25, 0.3) is 5.91 Å². The SMILES string of the molecule is Cc1ccc(OCC(=O)OCC(=O)NCCC#N)c(Br)c1. The minimum absolute atomic E-state index is 0.213. The second-order valence-electron chi connectivity index (χ2n) is 4.14. The van der Waals surface area contributed by atoms with Gasteiger partial charge in [-0.3, -0.25) is 4.79 Å². The summed E-state index contributed by atoms with van der Waals surface area (Å²) >= 11 is 3.33. The summed E-state index contributed by atoms with van der Waals surface area (Å²) in [6, 6.07) is 7.35. The van der Waals surface area contributed by atoms with Crippen molar-refractivity contribution in [3.63, 3.8) is 0 Å². The minimum Gasteiger partial charge on any atom is -0.481 e. The van der Waals surface area contributed by atoms with Crippen LogP contribution in [-0.2, 0) is 14.3 Å². The molecule has 0 aliphatic carbocycles. The van der Waals surface area contributed by atoms with Crippen molar-refractivity contribution >= 4 is 27.8 Å². The number of amides is 1. The smallest absolute Gasteiger partial charge is 0.344 e. The zero-order chi connectivity index (χ0) is 15.7. The third-order valence-corrected chi connectivity index (χ3v) is 2.98. The van der Waals surface area contributed by atoms with Gasteiger partial charge >= 0.3 is 5.97 Å². The summed E-state index contributed by atoms with van der Waals surface area (Å²) in [5, 5.41) is 10.7. The highest BCUT2D eigenvalue weighted by Crippen LogP contribution is 2.25. The Bertz CT molecular complexity index is 554. The third kappa shape index (κ3) is 6.77. The predicted molar refractivity (Wildman–Crippen MR) is 78.6 cm³/mol. The van der Waals surface area contributed by atoms with Gasteiger partial charge in [0.1, 0.15) is 5.75 Å². The van der Waals surface area contributed by atoms with E-state index in [4.69, 9.17) is 14.7 Å². The molecule has 1 aromatic carbocycles. The number of carbonyl (C=O) groups is 2. The largest absolute Gasteiger partial charge is 0.481 e. The second-order valence-corrected chi connectivity index (χ2v) is 5.00. The van der Waals surface area contributed by atoms with Crippen molar-refractivity contribution in [3.05, 3.63) is 28.2 Å². The Morgan fingerprint density at radius 2 is 2.14 bits per heavy atom. The van der Waals surface area contributed by atoms with Crippen LogP contribution in [0.4, 0.5) is 0 Å². The van der Waals surface area contributed by atoms with Gasteiger partial charge in [-0.2, -0.15) is 5.26 Å². The molecule has 0 saturated heterocycles. The maximum atomic E-state index is 11.4. The Hall–Kier alpha value is -2.07. The Labute approximate surface area is 131 Å². The van der Waals surface area contributed by atoms with Gasteiger partial charge in [-0.15, -0.1) is 0 Å². The van der Waals surface area contributed by atoms with E-state index in [1.807, 2.05) is 25.1 Å². The quantitative estimate of drug-likeness (QED) is 0.594. The number of nitrogens with zero attached hydrogens (tertiary/aromatic N) is 1. The first kappa shape index (κ1) is 17.0. The van der Waals surface area contributed by atoms with Crippen molar-refractivity contribution in [2.45, 2.75) is 13.3 Å². The monoisotopic (exact) mass is 354 g/mol. The Balaban J connectivity index is 2.28. The van der Waals surface area contributed by atoms with Crippen molar-refractivity contribution in [2.75, 3.05) is 19.8 Å². The molecule has 1 rings (SSSR count). The number of ether oxygens (including phenoxy) is 2. The maximum absolute atomic E-state index is 11.4. The van der Waals surface area contributed by atoms with Gasteiger partial charge in [-0.05, 0) is 40.5 Å². The van der Waals surface area contributed by atoms with E-state index in [0.717, 1.165) is 10.0 Å². The summed E-state index contributed by atoms with van der Waals surface area (Å²) in [5.41, 5.74) is 1.06. The van der Waals surface area contributed by atoms with Crippen LogP contribution in [0.1, 0.15) is 12.0 Å². The Morgan fingerprint density at radius 3 is 2.81 bits per heavy atom. The van der Waals surface area contributed by atoms with E-state index < -0.39 is 11.9 Å². The van der Waals surface area contributed by atoms with Crippen LogP contribution < -0.4 is 10.1 Å². The minimum atomic E-state index is -0.641. The first-order valence-electron chi connectivity index (χ1n) is 6.21. The predicted octanol–water partition coefficient (Wildman–Crippen LogP) is 1.71. The van der Waals surface area contributed by atoms with Gasteiger partial charge < -0.3 is 14.8 Å². The van der Waals surface area contributed by atoms with E-state index >= 15 is 0 Å². The fourth-order valence-electron chi connectivity index (χ4n) is 1.36. The van der Waals surface area contributed by atoms with Gasteiger partial charge in [0.2, 0.25) is 0 Å². The molecule has 0 atom stereocenters. The fraction of sp³-hybridized carbons (Fsp3) is 0.357. The molecule has 1 amide bonds. The molecule has 0 spiro atoms. The fourth-order valence-corrected chi connectivity index (χ4v) is 1.96. The van der Waals surface area contributed by atoms with E-state index in [0.29, 0.717) is 5.75 Å². The summed E-state index contributed by atoms with van der Waals surface area (Å²) in [5.74, 6) is -0.566. The number of nitriles is 1. The lowest BCUT2D eigenvalue weighted by Crippen LogP contribution is -2.30. The lowest BCUT2D eigenvalue weighted by Gasteiger charge is -2.09. The van der Waals surface area contributed by atoms with E-state index in [2.05, 4.69) is 21.2 Å². The Morgan fingerprint density at radius 1 is 1.38 bits per heavy atom. The number of aryl methyl sites for hydroxylation is 1. The molecular formula is C14H15BrN2O4. The highest BCUT2D eigenvalue weighted by Gasteiger charge is 2.09. The number of hydrogen-bond acceptors (Lipinski definition) is 5. The molecule has 112 valence electrons. The molecule has 7 heteroatoms. The van der Waals surface area contributed by atoms with Crippen LogP contribution in [0.3, 0.4) is 0 Å².